The zero-order valence-electron chi connectivity index (χ0n) is 13.5. The average molecular weight is 344 g/mol. The Morgan fingerprint density at radius 3 is 2.68 bits per heavy atom. The van der Waals surface area contributed by atoms with Crippen LogP contribution in [0, 0.1) is 0 Å². The highest BCUT2D eigenvalue weighted by molar-refractivity contribution is 7.13. The van der Waals surface area contributed by atoms with Crippen LogP contribution in [0.2, 0.25) is 0 Å². The Morgan fingerprint density at radius 1 is 0.960 bits per heavy atom. The highest BCUT2D eigenvalue weighted by Gasteiger charge is 2.07. The number of benzene rings is 2. The van der Waals surface area contributed by atoms with E-state index in [9.17, 15) is 4.79 Å². The summed E-state index contributed by atoms with van der Waals surface area (Å²) in [7, 11) is 0. The lowest BCUT2D eigenvalue weighted by Gasteiger charge is -2.07. The summed E-state index contributed by atoms with van der Waals surface area (Å²) in [6, 6.07) is 21.8. The predicted octanol–water partition coefficient (Wildman–Crippen LogP) is 4.89. The van der Waals surface area contributed by atoms with Crippen molar-refractivity contribution >= 4 is 28.0 Å². The second-order valence-corrected chi connectivity index (χ2v) is 6.72. The van der Waals surface area contributed by atoms with Crippen molar-refractivity contribution in [2.75, 3.05) is 0 Å². The molecule has 122 valence electrons. The molecule has 25 heavy (non-hydrogen) atoms. The molecule has 1 amide bonds. The minimum Gasteiger partial charge on any atom is -0.348 e. The Hall–Kier alpha value is -2.98. The van der Waals surface area contributed by atoms with Crippen LogP contribution in [0.3, 0.4) is 0 Å². The van der Waals surface area contributed by atoms with Gasteiger partial charge < -0.3 is 5.32 Å². The fourth-order valence-corrected chi connectivity index (χ4v) is 3.45. The molecule has 0 atom stereocenters. The topological polar surface area (TPSA) is 42.0 Å². The Morgan fingerprint density at radius 2 is 1.84 bits per heavy atom. The van der Waals surface area contributed by atoms with Crippen molar-refractivity contribution in [2.24, 2.45) is 0 Å². The van der Waals surface area contributed by atoms with E-state index in [4.69, 9.17) is 0 Å². The molecule has 1 N–H and O–H groups in total. The predicted molar refractivity (Wildman–Crippen MR) is 103 cm³/mol. The van der Waals surface area contributed by atoms with Crippen LogP contribution >= 0.6 is 11.3 Å². The lowest BCUT2D eigenvalue weighted by atomic mass is 10.1. The Balaban J connectivity index is 1.48. The van der Waals surface area contributed by atoms with Gasteiger partial charge in [0.1, 0.15) is 0 Å². The largest absolute Gasteiger partial charge is 0.348 e. The number of hydrogen-bond donors (Lipinski definition) is 1. The molecule has 0 saturated carbocycles. The summed E-state index contributed by atoms with van der Waals surface area (Å²) >= 11 is 1.66. The SMILES string of the molecule is O=C(NCc1ccnc(-c2cccs2)c1)c1ccc2ccccc2c1. The van der Waals surface area contributed by atoms with Crippen LogP contribution < -0.4 is 5.32 Å². The number of amides is 1. The lowest BCUT2D eigenvalue weighted by Crippen LogP contribution is -2.22. The second-order valence-electron chi connectivity index (χ2n) is 5.77. The van der Waals surface area contributed by atoms with Gasteiger partial charge in [0.2, 0.25) is 0 Å². The van der Waals surface area contributed by atoms with Crippen LogP contribution in [0.4, 0.5) is 0 Å². The van der Waals surface area contributed by atoms with E-state index in [-0.39, 0.29) is 5.91 Å². The van der Waals surface area contributed by atoms with Gasteiger partial charge in [0, 0.05) is 18.3 Å². The number of carbonyl (C=O) groups is 1. The van der Waals surface area contributed by atoms with Crippen molar-refractivity contribution in [1.29, 1.82) is 0 Å². The Labute approximate surface area is 150 Å². The van der Waals surface area contributed by atoms with Crippen molar-refractivity contribution < 1.29 is 4.79 Å². The third-order valence-electron chi connectivity index (χ3n) is 4.06. The van der Waals surface area contributed by atoms with E-state index in [1.54, 1.807) is 17.5 Å². The molecular formula is C21H16N2OS. The molecule has 2 aromatic heterocycles. The maximum absolute atomic E-state index is 12.5. The number of pyridine rings is 1. The van der Waals surface area contributed by atoms with E-state index in [1.165, 1.54) is 0 Å². The maximum Gasteiger partial charge on any atom is 0.251 e. The van der Waals surface area contributed by atoms with Gasteiger partial charge in [0.25, 0.3) is 5.91 Å². The molecule has 4 heteroatoms. The normalized spacial score (nSPS) is 10.7. The zero-order valence-corrected chi connectivity index (χ0v) is 14.3. The fourth-order valence-electron chi connectivity index (χ4n) is 2.76. The molecule has 0 spiro atoms. The van der Waals surface area contributed by atoms with Crippen molar-refractivity contribution in [3.8, 4) is 10.6 Å². The summed E-state index contributed by atoms with van der Waals surface area (Å²) in [5, 5.41) is 7.22. The van der Waals surface area contributed by atoms with Gasteiger partial charge in [-0.2, -0.15) is 0 Å². The van der Waals surface area contributed by atoms with Crippen LogP contribution in [0.25, 0.3) is 21.3 Å². The van der Waals surface area contributed by atoms with Crippen molar-refractivity contribution in [1.82, 2.24) is 10.3 Å². The molecule has 0 unspecified atom stereocenters. The molecule has 0 bridgehead atoms. The molecule has 3 nitrogen and oxygen atoms in total. The molecule has 0 aliphatic carbocycles. The minimum absolute atomic E-state index is 0.0692. The first-order valence-corrected chi connectivity index (χ1v) is 8.93. The highest BCUT2D eigenvalue weighted by atomic mass is 32.1. The number of nitrogens with one attached hydrogen (secondary N) is 1. The first-order chi connectivity index (χ1) is 12.3. The average Bonchev–Trinajstić information content (AvgIpc) is 3.21. The highest BCUT2D eigenvalue weighted by Crippen LogP contribution is 2.23. The number of nitrogens with zero attached hydrogens (tertiary/aromatic N) is 1. The molecule has 2 aromatic carbocycles. The molecule has 4 rings (SSSR count). The fraction of sp³-hybridized carbons (Fsp3) is 0.0476. The van der Waals surface area contributed by atoms with E-state index in [0.717, 1.165) is 26.9 Å². The Kier molecular flexibility index (Phi) is 4.27. The smallest absolute Gasteiger partial charge is 0.251 e. The molecule has 0 radical (unpaired) electrons. The molecule has 2 heterocycles. The van der Waals surface area contributed by atoms with Gasteiger partial charge >= 0.3 is 0 Å². The van der Waals surface area contributed by atoms with Gasteiger partial charge in [-0.1, -0.05) is 36.4 Å². The van der Waals surface area contributed by atoms with Gasteiger partial charge in [-0.15, -0.1) is 11.3 Å². The second kappa shape index (κ2) is 6.87. The first-order valence-electron chi connectivity index (χ1n) is 8.05. The summed E-state index contributed by atoms with van der Waals surface area (Å²) in [6.07, 6.45) is 1.78. The number of thiophene rings is 1. The molecule has 0 aliphatic rings. The number of rotatable bonds is 4. The Bertz CT molecular complexity index is 1020. The third kappa shape index (κ3) is 3.44. The van der Waals surface area contributed by atoms with E-state index >= 15 is 0 Å². The maximum atomic E-state index is 12.5. The molecule has 0 fully saturated rings. The van der Waals surface area contributed by atoms with Crippen molar-refractivity contribution in [2.45, 2.75) is 6.54 Å². The summed E-state index contributed by atoms with van der Waals surface area (Å²) in [5.74, 6) is -0.0692. The number of carbonyl (C=O) groups excluding carboxylic acids is 1. The summed E-state index contributed by atoms with van der Waals surface area (Å²) < 4.78 is 0. The standard InChI is InChI=1S/C21H16N2OS/c24-21(18-8-7-16-4-1-2-5-17(16)13-18)23-14-15-9-10-22-19(12-15)20-6-3-11-25-20/h1-13H,14H2,(H,23,24). The lowest BCUT2D eigenvalue weighted by molar-refractivity contribution is 0.0951. The third-order valence-corrected chi connectivity index (χ3v) is 4.96. The van der Waals surface area contributed by atoms with Crippen LogP contribution in [0.5, 0.6) is 0 Å². The van der Waals surface area contributed by atoms with Crippen LogP contribution in [-0.2, 0) is 6.54 Å². The van der Waals surface area contributed by atoms with Gasteiger partial charge in [-0.05, 0) is 52.0 Å². The zero-order chi connectivity index (χ0) is 17.1. The number of aromatic nitrogens is 1. The molecular weight excluding hydrogens is 328 g/mol. The quantitative estimate of drug-likeness (QED) is 0.572. The molecule has 0 aliphatic heterocycles. The van der Waals surface area contributed by atoms with Crippen LogP contribution in [0.1, 0.15) is 15.9 Å². The number of hydrogen-bond acceptors (Lipinski definition) is 3. The van der Waals surface area contributed by atoms with Crippen molar-refractivity contribution in [3.63, 3.8) is 0 Å². The van der Waals surface area contributed by atoms with E-state index < -0.39 is 0 Å². The number of fused-ring (bicyclic) bond motifs is 1. The summed E-state index contributed by atoms with van der Waals surface area (Å²) in [6.45, 7) is 0.479. The first kappa shape index (κ1) is 15.5. The van der Waals surface area contributed by atoms with E-state index in [1.807, 2.05) is 72.1 Å². The van der Waals surface area contributed by atoms with E-state index in [2.05, 4.69) is 10.3 Å². The van der Waals surface area contributed by atoms with Crippen molar-refractivity contribution in [3.05, 3.63) is 89.4 Å². The summed E-state index contributed by atoms with van der Waals surface area (Å²) in [4.78, 5) is 18.0. The van der Waals surface area contributed by atoms with Gasteiger partial charge in [0.15, 0.2) is 0 Å². The van der Waals surface area contributed by atoms with Gasteiger partial charge in [-0.3, -0.25) is 9.78 Å². The van der Waals surface area contributed by atoms with E-state index in [0.29, 0.717) is 12.1 Å². The van der Waals surface area contributed by atoms with Gasteiger partial charge in [-0.25, -0.2) is 0 Å². The minimum atomic E-state index is -0.0692. The van der Waals surface area contributed by atoms with Crippen LogP contribution in [-0.4, -0.2) is 10.9 Å². The van der Waals surface area contributed by atoms with Gasteiger partial charge in [0.05, 0.1) is 10.6 Å². The summed E-state index contributed by atoms with van der Waals surface area (Å²) in [5.41, 5.74) is 2.64. The van der Waals surface area contributed by atoms with Crippen LogP contribution in [0.15, 0.2) is 78.3 Å². The monoisotopic (exact) mass is 344 g/mol. The molecule has 0 saturated heterocycles. The molecule has 4 aromatic rings.